The summed E-state index contributed by atoms with van der Waals surface area (Å²) < 4.78 is 27.3. The number of nitrogens with zero attached hydrogens (tertiary/aromatic N) is 1. The first-order chi connectivity index (χ1) is 13.6. The molecule has 1 amide bonds. The fraction of sp³-hybridized carbons (Fsp3) is 0.333. The molecule has 2 aromatic carbocycles. The molecule has 0 aliphatic rings. The van der Waals surface area contributed by atoms with Gasteiger partial charge in [0, 0.05) is 17.1 Å². The average Bonchev–Trinajstić information content (AvgIpc) is 2.63. The van der Waals surface area contributed by atoms with E-state index in [-0.39, 0.29) is 16.8 Å². The van der Waals surface area contributed by atoms with Crippen LogP contribution in [0.3, 0.4) is 0 Å². The molecule has 0 unspecified atom stereocenters. The fourth-order valence-corrected chi connectivity index (χ4v) is 3.98. The van der Waals surface area contributed by atoms with E-state index in [0.29, 0.717) is 17.4 Å². The van der Waals surface area contributed by atoms with E-state index in [1.165, 1.54) is 12.3 Å². The lowest BCUT2D eigenvalue weighted by Crippen LogP contribution is -2.50. The minimum Gasteiger partial charge on any atom is -0.346 e. The predicted molar refractivity (Wildman–Crippen MR) is 112 cm³/mol. The maximum Gasteiger partial charge on any atom is 0.253 e. The highest BCUT2D eigenvalue weighted by molar-refractivity contribution is 5.97. The molecule has 3 aromatic rings. The van der Waals surface area contributed by atoms with Crippen LogP contribution < -0.4 is 5.32 Å². The summed E-state index contributed by atoms with van der Waals surface area (Å²) in [5, 5.41) is 3.54. The Hall–Kier alpha value is -2.82. The molecule has 0 radical (unpaired) electrons. The molecular formula is C24H26F2N2O. The lowest BCUT2D eigenvalue weighted by atomic mass is 9.77. The number of nitrogens with one attached hydrogen (secondary N) is 1. The number of carbonyl (C=O) groups is 1. The Morgan fingerprint density at radius 1 is 1.03 bits per heavy atom. The summed E-state index contributed by atoms with van der Waals surface area (Å²) in [5.74, 6) is -2.24. The van der Waals surface area contributed by atoms with Crippen molar-refractivity contribution in [3.05, 3.63) is 77.5 Å². The summed E-state index contributed by atoms with van der Waals surface area (Å²) in [4.78, 5) is 17.0. The van der Waals surface area contributed by atoms with Crippen LogP contribution in [-0.4, -0.2) is 16.4 Å². The van der Waals surface area contributed by atoms with Crippen LogP contribution in [0, 0.1) is 17.0 Å². The predicted octanol–water partition coefficient (Wildman–Crippen LogP) is 5.68. The van der Waals surface area contributed by atoms with Gasteiger partial charge in [0.1, 0.15) is 5.52 Å². The number of hydrogen-bond donors (Lipinski definition) is 1. The van der Waals surface area contributed by atoms with Crippen molar-refractivity contribution in [1.82, 2.24) is 10.3 Å². The van der Waals surface area contributed by atoms with Crippen molar-refractivity contribution in [2.45, 2.75) is 46.1 Å². The minimum atomic E-state index is -1.00. The second-order valence-corrected chi connectivity index (χ2v) is 9.07. The summed E-state index contributed by atoms with van der Waals surface area (Å²) in [6.07, 6.45) is 2.74. The number of hydrogen-bond acceptors (Lipinski definition) is 2. The van der Waals surface area contributed by atoms with E-state index in [9.17, 15) is 13.6 Å². The van der Waals surface area contributed by atoms with Gasteiger partial charge in [-0.3, -0.25) is 9.78 Å². The van der Waals surface area contributed by atoms with Gasteiger partial charge >= 0.3 is 0 Å². The van der Waals surface area contributed by atoms with Crippen molar-refractivity contribution >= 4 is 16.8 Å². The molecular weight excluding hydrogens is 370 g/mol. The van der Waals surface area contributed by atoms with E-state index < -0.39 is 17.2 Å². The lowest BCUT2D eigenvalue weighted by Gasteiger charge is -2.37. The molecule has 29 heavy (non-hydrogen) atoms. The Morgan fingerprint density at radius 3 is 2.38 bits per heavy atom. The largest absolute Gasteiger partial charge is 0.346 e. The molecule has 1 aromatic heterocycles. The van der Waals surface area contributed by atoms with Gasteiger partial charge in [0.15, 0.2) is 11.6 Å². The van der Waals surface area contributed by atoms with Gasteiger partial charge < -0.3 is 5.32 Å². The van der Waals surface area contributed by atoms with Crippen LogP contribution in [0.5, 0.6) is 0 Å². The minimum absolute atomic E-state index is 0.000892. The maximum atomic E-state index is 13.9. The Balaban J connectivity index is 1.89. The molecule has 0 spiro atoms. The molecule has 0 fully saturated rings. The Morgan fingerprint density at radius 2 is 1.72 bits per heavy atom. The zero-order valence-electron chi connectivity index (χ0n) is 17.2. The highest BCUT2D eigenvalue weighted by Crippen LogP contribution is 2.30. The van der Waals surface area contributed by atoms with Crippen molar-refractivity contribution in [2.75, 3.05) is 0 Å². The van der Waals surface area contributed by atoms with Crippen molar-refractivity contribution in [3.63, 3.8) is 0 Å². The Bertz CT molecular complexity index is 1030. The maximum absolute atomic E-state index is 13.9. The number of carbonyl (C=O) groups excluding carboxylic acids is 1. The number of fused-ring (bicyclic) bond motifs is 1. The number of pyridine rings is 1. The molecule has 0 bridgehead atoms. The number of aromatic nitrogens is 1. The van der Waals surface area contributed by atoms with Crippen molar-refractivity contribution in [3.8, 4) is 0 Å². The van der Waals surface area contributed by atoms with Gasteiger partial charge in [-0.1, -0.05) is 51.1 Å². The van der Waals surface area contributed by atoms with Crippen LogP contribution >= 0.6 is 0 Å². The highest BCUT2D eigenvalue weighted by Gasteiger charge is 2.32. The molecule has 0 saturated heterocycles. The van der Waals surface area contributed by atoms with Gasteiger partial charge in [-0.25, -0.2) is 8.78 Å². The van der Waals surface area contributed by atoms with Crippen LogP contribution in [0.2, 0.25) is 0 Å². The van der Waals surface area contributed by atoms with E-state index in [4.69, 9.17) is 0 Å². The van der Waals surface area contributed by atoms with E-state index >= 15 is 0 Å². The summed E-state index contributed by atoms with van der Waals surface area (Å²) >= 11 is 0. The molecule has 0 aliphatic carbocycles. The van der Waals surface area contributed by atoms with Gasteiger partial charge in [-0.15, -0.1) is 0 Å². The normalized spacial score (nSPS) is 13.9. The smallest absolute Gasteiger partial charge is 0.253 e. The monoisotopic (exact) mass is 396 g/mol. The van der Waals surface area contributed by atoms with Gasteiger partial charge in [0.05, 0.1) is 5.56 Å². The summed E-state index contributed by atoms with van der Waals surface area (Å²) in [7, 11) is 0. The molecule has 1 atom stereocenters. The molecule has 1 heterocycles. The van der Waals surface area contributed by atoms with Crippen LogP contribution in [0.15, 0.2) is 54.7 Å². The zero-order valence-corrected chi connectivity index (χ0v) is 17.2. The molecule has 152 valence electrons. The fourth-order valence-electron chi connectivity index (χ4n) is 3.98. The van der Waals surface area contributed by atoms with Gasteiger partial charge in [0.2, 0.25) is 0 Å². The second kappa shape index (κ2) is 7.90. The molecule has 3 rings (SSSR count). The number of rotatable bonds is 5. The summed E-state index contributed by atoms with van der Waals surface area (Å²) in [6.45, 7) is 8.44. The summed E-state index contributed by atoms with van der Waals surface area (Å²) in [5.41, 5.74) is 0.882. The number of halogens is 2. The SMILES string of the molecule is CC(C)(C)C[C@](C)(Cc1ccccc1)NC(=O)c1cnc2c(F)c(F)ccc2c1. The van der Waals surface area contributed by atoms with E-state index in [1.54, 1.807) is 6.07 Å². The molecule has 1 N–H and O–H groups in total. The average molecular weight is 396 g/mol. The van der Waals surface area contributed by atoms with E-state index in [2.05, 4.69) is 31.1 Å². The molecule has 0 aliphatic heterocycles. The van der Waals surface area contributed by atoms with Gasteiger partial charge in [-0.05, 0) is 48.9 Å². The van der Waals surface area contributed by atoms with Crippen molar-refractivity contribution in [1.29, 1.82) is 0 Å². The van der Waals surface area contributed by atoms with E-state index in [0.717, 1.165) is 18.1 Å². The third kappa shape index (κ3) is 5.17. The van der Waals surface area contributed by atoms with Crippen LogP contribution in [0.1, 0.15) is 50.0 Å². The first-order valence-electron chi connectivity index (χ1n) is 9.67. The van der Waals surface area contributed by atoms with Crippen LogP contribution in [0.25, 0.3) is 10.9 Å². The van der Waals surface area contributed by atoms with Crippen LogP contribution in [0.4, 0.5) is 8.78 Å². The third-order valence-electron chi connectivity index (χ3n) is 4.78. The third-order valence-corrected chi connectivity index (χ3v) is 4.78. The molecule has 3 nitrogen and oxygen atoms in total. The summed E-state index contributed by atoms with van der Waals surface area (Å²) in [6, 6.07) is 14.0. The quantitative estimate of drug-likeness (QED) is 0.603. The van der Waals surface area contributed by atoms with Crippen LogP contribution in [-0.2, 0) is 6.42 Å². The molecule has 5 heteroatoms. The van der Waals surface area contributed by atoms with Crippen molar-refractivity contribution < 1.29 is 13.6 Å². The van der Waals surface area contributed by atoms with Gasteiger partial charge in [0.25, 0.3) is 5.91 Å². The standard InChI is InChI=1S/C24H26F2N2O/c1-23(2,3)15-24(4,13-16-8-6-5-7-9-16)28-22(29)18-12-17-10-11-19(25)20(26)21(17)27-14-18/h5-12,14H,13,15H2,1-4H3,(H,28,29)/t24-/m0/s1. The second-order valence-electron chi connectivity index (χ2n) is 9.07. The van der Waals surface area contributed by atoms with Crippen molar-refractivity contribution in [2.24, 2.45) is 5.41 Å². The zero-order chi connectivity index (χ0) is 21.2. The number of amides is 1. The Labute approximate surface area is 170 Å². The first-order valence-corrected chi connectivity index (χ1v) is 9.67. The molecule has 0 saturated carbocycles. The van der Waals surface area contributed by atoms with Gasteiger partial charge in [-0.2, -0.15) is 0 Å². The highest BCUT2D eigenvalue weighted by atomic mass is 19.2. The number of benzene rings is 2. The van der Waals surface area contributed by atoms with E-state index in [1.807, 2.05) is 37.3 Å². The topological polar surface area (TPSA) is 42.0 Å². The lowest BCUT2D eigenvalue weighted by molar-refractivity contribution is 0.0879. The first kappa shape index (κ1) is 20.9. The Kier molecular flexibility index (Phi) is 5.69.